The van der Waals surface area contributed by atoms with E-state index in [4.69, 9.17) is 4.74 Å². The van der Waals surface area contributed by atoms with Crippen molar-refractivity contribution >= 4 is 0 Å². The first-order valence-electron chi connectivity index (χ1n) is 7.26. The summed E-state index contributed by atoms with van der Waals surface area (Å²) in [5.74, 6) is 2.17. The molecule has 0 saturated carbocycles. The summed E-state index contributed by atoms with van der Waals surface area (Å²) >= 11 is 0. The van der Waals surface area contributed by atoms with E-state index in [0.717, 1.165) is 11.5 Å². The van der Waals surface area contributed by atoms with Crippen LogP contribution in [0.5, 0.6) is 11.5 Å². The molecule has 1 aliphatic rings. The van der Waals surface area contributed by atoms with E-state index in [1.807, 2.05) is 12.1 Å². The van der Waals surface area contributed by atoms with Crippen LogP contribution in [0.3, 0.4) is 0 Å². The van der Waals surface area contributed by atoms with Gasteiger partial charge in [0.25, 0.3) is 0 Å². The van der Waals surface area contributed by atoms with Gasteiger partial charge in [0.05, 0.1) is 0 Å². The van der Waals surface area contributed by atoms with Gasteiger partial charge in [-0.1, -0.05) is 60.7 Å². The molecule has 1 nitrogen and oxygen atoms in total. The standard InChI is InChI=1S/C20H16O/c1-14-8-2-3-9-15(14)20-16-10-4-6-12-18(16)21-19-13-7-5-11-17(19)20/h2-13,20H,1H3. The summed E-state index contributed by atoms with van der Waals surface area (Å²) in [7, 11) is 0. The smallest absolute Gasteiger partial charge is 0.131 e. The lowest BCUT2D eigenvalue weighted by atomic mass is 9.81. The first kappa shape index (κ1) is 12.2. The normalized spacial score (nSPS) is 13.2. The number of benzene rings is 3. The van der Waals surface area contributed by atoms with Gasteiger partial charge in [0.2, 0.25) is 0 Å². The van der Waals surface area contributed by atoms with Crippen molar-refractivity contribution in [3.05, 3.63) is 95.1 Å². The van der Waals surface area contributed by atoms with Crippen LogP contribution >= 0.6 is 0 Å². The molecule has 0 fully saturated rings. The summed E-state index contributed by atoms with van der Waals surface area (Å²) in [6.45, 7) is 2.18. The number of hydrogen-bond acceptors (Lipinski definition) is 1. The monoisotopic (exact) mass is 272 g/mol. The quantitative estimate of drug-likeness (QED) is 0.458. The zero-order valence-electron chi connectivity index (χ0n) is 11.9. The summed E-state index contributed by atoms with van der Waals surface area (Å²) in [5.41, 5.74) is 5.14. The molecule has 1 heteroatoms. The molecule has 4 rings (SSSR count). The van der Waals surface area contributed by atoms with Crippen LogP contribution in [0.4, 0.5) is 0 Å². The van der Waals surface area contributed by atoms with Gasteiger partial charge in [-0.2, -0.15) is 0 Å². The molecule has 21 heavy (non-hydrogen) atoms. The van der Waals surface area contributed by atoms with Crippen molar-refractivity contribution in [3.63, 3.8) is 0 Å². The van der Waals surface area contributed by atoms with Gasteiger partial charge in [0, 0.05) is 17.0 Å². The summed E-state index contributed by atoms with van der Waals surface area (Å²) in [5, 5.41) is 0. The van der Waals surface area contributed by atoms with Crippen LogP contribution in [-0.4, -0.2) is 0 Å². The van der Waals surface area contributed by atoms with E-state index in [1.54, 1.807) is 0 Å². The maximum Gasteiger partial charge on any atom is 0.131 e. The highest BCUT2D eigenvalue weighted by molar-refractivity contribution is 5.59. The number of hydrogen-bond donors (Lipinski definition) is 0. The molecule has 0 aromatic heterocycles. The largest absolute Gasteiger partial charge is 0.457 e. The molecule has 3 aromatic carbocycles. The van der Waals surface area contributed by atoms with Crippen LogP contribution < -0.4 is 4.74 Å². The third-order valence-electron chi connectivity index (χ3n) is 4.18. The Kier molecular flexibility index (Phi) is 2.78. The molecule has 0 atom stereocenters. The van der Waals surface area contributed by atoms with Crippen molar-refractivity contribution < 1.29 is 4.74 Å². The molecule has 0 bridgehead atoms. The maximum absolute atomic E-state index is 6.07. The first-order chi connectivity index (χ1) is 10.3. The Hall–Kier alpha value is -2.54. The molecule has 1 aliphatic heterocycles. The molecule has 0 radical (unpaired) electrons. The highest BCUT2D eigenvalue weighted by atomic mass is 16.5. The molecule has 0 unspecified atom stereocenters. The molecule has 0 saturated heterocycles. The fourth-order valence-corrected chi connectivity index (χ4v) is 3.16. The topological polar surface area (TPSA) is 9.23 Å². The van der Waals surface area contributed by atoms with Crippen molar-refractivity contribution in [2.24, 2.45) is 0 Å². The number of fused-ring (bicyclic) bond motifs is 2. The fraction of sp³-hybridized carbons (Fsp3) is 0.100. The van der Waals surface area contributed by atoms with Crippen LogP contribution in [0.25, 0.3) is 0 Å². The third kappa shape index (κ3) is 1.93. The van der Waals surface area contributed by atoms with E-state index < -0.39 is 0 Å². The number of aryl methyl sites for hydroxylation is 1. The second kappa shape index (κ2) is 4.78. The highest BCUT2D eigenvalue weighted by Gasteiger charge is 2.28. The van der Waals surface area contributed by atoms with Crippen molar-refractivity contribution in [3.8, 4) is 11.5 Å². The Labute approximate surface area is 124 Å². The Morgan fingerprint density at radius 1 is 0.619 bits per heavy atom. The van der Waals surface area contributed by atoms with Gasteiger partial charge in [-0.15, -0.1) is 0 Å². The molecule has 0 N–H and O–H groups in total. The van der Waals surface area contributed by atoms with Crippen LogP contribution in [0.2, 0.25) is 0 Å². The Morgan fingerprint density at radius 2 is 1.10 bits per heavy atom. The van der Waals surface area contributed by atoms with E-state index >= 15 is 0 Å². The Morgan fingerprint density at radius 3 is 1.67 bits per heavy atom. The van der Waals surface area contributed by atoms with Crippen LogP contribution in [0.15, 0.2) is 72.8 Å². The molecule has 1 heterocycles. The summed E-state index contributed by atoms with van der Waals surface area (Å²) in [6, 6.07) is 25.3. The van der Waals surface area contributed by atoms with E-state index in [2.05, 4.69) is 67.6 Å². The number of rotatable bonds is 1. The van der Waals surface area contributed by atoms with Crippen LogP contribution in [-0.2, 0) is 0 Å². The van der Waals surface area contributed by atoms with Gasteiger partial charge in [-0.25, -0.2) is 0 Å². The fourth-order valence-electron chi connectivity index (χ4n) is 3.16. The maximum atomic E-state index is 6.07. The lowest BCUT2D eigenvalue weighted by molar-refractivity contribution is 0.453. The van der Waals surface area contributed by atoms with Gasteiger partial charge in [-0.3, -0.25) is 0 Å². The molecule has 3 aromatic rings. The van der Waals surface area contributed by atoms with Crippen molar-refractivity contribution in [1.82, 2.24) is 0 Å². The lowest BCUT2D eigenvalue weighted by Crippen LogP contribution is -2.12. The average molecular weight is 272 g/mol. The number of ether oxygens (including phenoxy) is 1. The second-order valence-corrected chi connectivity index (χ2v) is 5.47. The third-order valence-corrected chi connectivity index (χ3v) is 4.18. The zero-order chi connectivity index (χ0) is 14.2. The Balaban J connectivity index is 2.00. The predicted molar refractivity (Wildman–Crippen MR) is 85.1 cm³/mol. The van der Waals surface area contributed by atoms with Gasteiger partial charge in [-0.05, 0) is 30.2 Å². The molecule has 0 spiro atoms. The van der Waals surface area contributed by atoms with Crippen LogP contribution in [0.1, 0.15) is 28.2 Å². The van der Waals surface area contributed by atoms with Gasteiger partial charge in [0.15, 0.2) is 0 Å². The minimum absolute atomic E-state index is 0.243. The van der Waals surface area contributed by atoms with E-state index in [1.165, 1.54) is 22.3 Å². The molecule has 0 amide bonds. The van der Waals surface area contributed by atoms with Crippen LogP contribution in [0, 0.1) is 6.92 Å². The predicted octanol–water partition coefficient (Wildman–Crippen LogP) is 5.28. The van der Waals surface area contributed by atoms with Crippen molar-refractivity contribution in [2.45, 2.75) is 12.8 Å². The van der Waals surface area contributed by atoms with E-state index in [0.29, 0.717) is 0 Å². The Bertz CT molecular complexity index is 744. The minimum Gasteiger partial charge on any atom is -0.457 e. The van der Waals surface area contributed by atoms with E-state index in [-0.39, 0.29) is 5.92 Å². The average Bonchev–Trinajstić information content (AvgIpc) is 2.53. The second-order valence-electron chi connectivity index (χ2n) is 5.47. The lowest BCUT2D eigenvalue weighted by Gasteiger charge is -2.29. The molecule has 0 aliphatic carbocycles. The van der Waals surface area contributed by atoms with Gasteiger partial charge in [0.1, 0.15) is 11.5 Å². The summed E-state index contributed by atoms with van der Waals surface area (Å²) in [6.07, 6.45) is 0. The first-order valence-corrected chi connectivity index (χ1v) is 7.26. The van der Waals surface area contributed by atoms with Gasteiger partial charge < -0.3 is 4.74 Å². The van der Waals surface area contributed by atoms with Crippen molar-refractivity contribution in [1.29, 1.82) is 0 Å². The zero-order valence-corrected chi connectivity index (χ0v) is 11.9. The molecule has 102 valence electrons. The highest BCUT2D eigenvalue weighted by Crippen LogP contribution is 2.47. The van der Waals surface area contributed by atoms with Gasteiger partial charge >= 0.3 is 0 Å². The summed E-state index contributed by atoms with van der Waals surface area (Å²) < 4.78 is 6.07. The molecular weight excluding hydrogens is 256 g/mol. The van der Waals surface area contributed by atoms with E-state index in [9.17, 15) is 0 Å². The van der Waals surface area contributed by atoms with Crippen molar-refractivity contribution in [2.75, 3.05) is 0 Å². The minimum atomic E-state index is 0.243. The SMILES string of the molecule is Cc1ccccc1C1c2ccccc2Oc2ccccc21. The summed E-state index contributed by atoms with van der Waals surface area (Å²) in [4.78, 5) is 0. The number of para-hydroxylation sites is 2. The molecular formula is C20H16O.